The number of hydrogen-bond acceptors (Lipinski definition) is 2. The Morgan fingerprint density at radius 1 is 0.404 bits per heavy atom. The summed E-state index contributed by atoms with van der Waals surface area (Å²) in [5.74, 6) is 0. The van der Waals surface area contributed by atoms with Crippen LogP contribution < -0.4 is 4.90 Å². The molecule has 0 unspecified atom stereocenters. The minimum atomic E-state index is 0.906. The molecule has 0 fully saturated rings. The van der Waals surface area contributed by atoms with Crippen LogP contribution >= 0.6 is 0 Å². The number of benzene rings is 8. The third-order valence-corrected chi connectivity index (χ3v) is 10.6. The lowest BCUT2D eigenvalue weighted by Gasteiger charge is -2.30. The number of aryl methyl sites for hydroxylation is 4. The van der Waals surface area contributed by atoms with Crippen molar-refractivity contribution in [2.24, 2.45) is 0 Å². The van der Waals surface area contributed by atoms with Gasteiger partial charge in [0, 0.05) is 27.7 Å². The average Bonchev–Trinajstić information content (AvgIpc) is 3.54. The molecule has 0 aliphatic rings. The van der Waals surface area contributed by atoms with Gasteiger partial charge in [-0.1, -0.05) is 115 Å². The number of para-hydroxylation sites is 1. The first-order valence-corrected chi connectivity index (χ1v) is 18.0. The fraction of sp³-hybridized carbons (Fsp3) is 0.0800. The van der Waals surface area contributed by atoms with E-state index in [9.17, 15) is 0 Å². The van der Waals surface area contributed by atoms with E-state index in [1.54, 1.807) is 0 Å². The number of fused-ring (bicyclic) bond motifs is 4. The monoisotopic (exact) mass is 669 g/mol. The highest BCUT2D eigenvalue weighted by Crippen LogP contribution is 2.45. The van der Waals surface area contributed by atoms with Gasteiger partial charge in [0.2, 0.25) is 0 Å². The van der Waals surface area contributed by atoms with E-state index in [2.05, 4.69) is 184 Å². The summed E-state index contributed by atoms with van der Waals surface area (Å²) in [6.45, 7) is 8.87. The van der Waals surface area contributed by atoms with Gasteiger partial charge in [-0.2, -0.15) is 0 Å². The molecule has 9 rings (SSSR count). The summed E-state index contributed by atoms with van der Waals surface area (Å²) in [6, 6.07) is 59.2. The second kappa shape index (κ2) is 12.7. The SMILES string of the molecule is Cc1ccccc1-c1c(C)cccc1N(c1ccc(-c2ccc3c(c2)oc2ccccc23)cc1)c1ccc(-c2cccc3cccc(C)c23)c(C)c1. The molecular weight excluding hydrogens is 631 g/mol. The molecule has 0 saturated carbocycles. The molecule has 0 aliphatic heterocycles. The smallest absolute Gasteiger partial charge is 0.136 e. The maximum absolute atomic E-state index is 6.24. The predicted octanol–water partition coefficient (Wildman–Crippen LogP) is 14.4. The third kappa shape index (κ3) is 5.36. The van der Waals surface area contributed by atoms with Crippen molar-refractivity contribution >= 4 is 49.8 Å². The zero-order chi connectivity index (χ0) is 35.3. The zero-order valence-electron chi connectivity index (χ0n) is 29.9. The maximum Gasteiger partial charge on any atom is 0.136 e. The number of furan rings is 1. The number of anilines is 3. The van der Waals surface area contributed by atoms with Crippen LogP contribution in [0.25, 0.3) is 66.1 Å². The molecule has 0 N–H and O–H groups in total. The summed E-state index contributed by atoms with van der Waals surface area (Å²) in [4.78, 5) is 2.42. The molecule has 0 bridgehead atoms. The van der Waals surface area contributed by atoms with Crippen LogP contribution in [0.5, 0.6) is 0 Å². The molecular formula is C50H39NO. The van der Waals surface area contributed by atoms with E-state index in [1.807, 2.05) is 12.1 Å². The van der Waals surface area contributed by atoms with E-state index in [4.69, 9.17) is 4.42 Å². The molecule has 0 atom stereocenters. The highest BCUT2D eigenvalue weighted by molar-refractivity contribution is 6.06. The van der Waals surface area contributed by atoms with Crippen LogP contribution in [0.15, 0.2) is 168 Å². The summed E-state index contributed by atoms with van der Waals surface area (Å²) >= 11 is 0. The van der Waals surface area contributed by atoms with Gasteiger partial charge in [0.1, 0.15) is 11.2 Å². The Labute approximate surface area is 305 Å². The van der Waals surface area contributed by atoms with E-state index >= 15 is 0 Å². The topological polar surface area (TPSA) is 16.4 Å². The van der Waals surface area contributed by atoms with Crippen LogP contribution in [0.4, 0.5) is 17.1 Å². The van der Waals surface area contributed by atoms with Crippen molar-refractivity contribution in [1.29, 1.82) is 0 Å². The summed E-state index contributed by atoms with van der Waals surface area (Å²) in [7, 11) is 0. The quantitative estimate of drug-likeness (QED) is 0.175. The van der Waals surface area contributed by atoms with Crippen LogP contribution in [0.1, 0.15) is 22.3 Å². The lowest BCUT2D eigenvalue weighted by molar-refractivity contribution is 0.669. The first-order valence-electron chi connectivity index (χ1n) is 18.0. The van der Waals surface area contributed by atoms with Gasteiger partial charge in [0.15, 0.2) is 0 Å². The maximum atomic E-state index is 6.24. The Bertz CT molecular complexity index is 2780. The van der Waals surface area contributed by atoms with Gasteiger partial charge >= 0.3 is 0 Å². The van der Waals surface area contributed by atoms with E-state index < -0.39 is 0 Å². The van der Waals surface area contributed by atoms with Gasteiger partial charge < -0.3 is 9.32 Å². The fourth-order valence-corrected chi connectivity index (χ4v) is 8.02. The molecule has 1 heterocycles. The van der Waals surface area contributed by atoms with Crippen LogP contribution in [-0.2, 0) is 0 Å². The van der Waals surface area contributed by atoms with E-state index in [0.29, 0.717) is 0 Å². The molecule has 2 heteroatoms. The Morgan fingerprint density at radius 3 is 1.88 bits per heavy atom. The second-order valence-electron chi connectivity index (χ2n) is 14.0. The van der Waals surface area contributed by atoms with Crippen molar-refractivity contribution < 1.29 is 4.42 Å². The van der Waals surface area contributed by atoms with Gasteiger partial charge in [-0.25, -0.2) is 0 Å². The minimum absolute atomic E-state index is 0.906. The Morgan fingerprint density at radius 2 is 1.06 bits per heavy atom. The molecule has 8 aromatic carbocycles. The molecule has 0 amide bonds. The molecule has 250 valence electrons. The largest absolute Gasteiger partial charge is 0.456 e. The summed E-state index contributed by atoms with van der Waals surface area (Å²) in [5, 5.41) is 4.87. The van der Waals surface area contributed by atoms with Gasteiger partial charge in [0.25, 0.3) is 0 Å². The van der Waals surface area contributed by atoms with E-state index in [-0.39, 0.29) is 0 Å². The standard InChI is InChI=1S/C50H39NO/c1-32-12-5-6-17-42(32)50-34(3)14-10-20-46(50)51(40-27-29-41(35(4)30-40)45-19-11-16-37-15-9-13-33(2)49(37)45)39-25-22-36(23-26-39)38-24-28-44-43-18-7-8-21-47(43)52-48(44)31-38/h5-31H,1-4H3. The summed E-state index contributed by atoms with van der Waals surface area (Å²) < 4.78 is 6.24. The van der Waals surface area contributed by atoms with Crippen molar-refractivity contribution in [3.8, 4) is 33.4 Å². The average molecular weight is 670 g/mol. The molecule has 0 spiro atoms. The van der Waals surface area contributed by atoms with Crippen molar-refractivity contribution in [3.05, 3.63) is 186 Å². The zero-order valence-corrected chi connectivity index (χ0v) is 29.9. The van der Waals surface area contributed by atoms with Crippen molar-refractivity contribution in [2.45, 2.75) is 27.7 Å². The Kier molecular flexibility index (Phi) is 7.74. The fourth-order valence-electron chi connectivity index (χ4n) is 8.02. The normalized spacial score (nSPS) is 11.5. The van der Waals surface area contributed by atoms with Gasteiger partial charge in [0.05, 0.1) is 5.69 Å². The predicted molar refractivity (Wildman–Crippen MR) is 221 cm³/mol. The van der Waals surface area contributed by atoms with Gasteiger partial charge in [-0.3, -0.25) is 0 Å². The summed E-state index contributed by atoms with van der Waals surface area (Å²) in [5.41, 5.74) is 17.5. The van der Waals surface area contributed by atoms with Crippen molar-refractivity contribution in [1.82, 2.24) is 0 Å². The molecule has 9 aromatic rings. The van der Waals surface area contributed by atoms with Crippen LogP contribution in [0.3, 0.4) is 0 Å². The van der Waals surface area contributed by atoms with E-state index in [0.717, 1.165) is 50.1 Å². The van der Waals surface area contributed by atoms with Gasteiger partial charge in [-0.15, -0.1) is 0 Å². The number of hydrogen-bond donors (Lipinski definition) is 0. The van der Waals surface area contributed by atoms with Crippen molar-refractivity contribution in [2.75, 3.05) is 4.90 Å². The molecule has 1 aromatic heterocycles. The molecule has 2 nitrogen and oxygen atoms in total. The third-order valence-electron chi connectivity index (χ3n) is 10.6. The molecule has 0 radical (unpaired) electrons. The lowest BCUT2D eigenvalue weighted by Crippen LogP contribution is -2.12. The second-order valence-corrected chi connectivity index (χ2v) is 14.0. The minimum Gasteiger partial charge on any atom is -0.456 e. The molecule has 52 heavy (non-hydrogen) atoms. The highest BCUT2D eigenvalue weighted by atomic mass is 16.3. The molecule has 0 saturated heterocycles. The highest BCUT2D eigenvalue weighted by Gasteiger charge is 2.21. The Balaban J connectivity index is 1.19. The van der Waals surface area contributed by atoms with Crippen molar-refractivity contribution in [3.63, 3.8) is 0 Å². The first kappa shape index (κ1) is 31.6. The van der Waals surface area contributed by atoms with Crippen LogP contribution in [0.2, 0.25) is 0 Å². The molecule has 0 aliphatic carbocycles. The van der Waals surface area contributed by atoms with Crippen LogP contribution in [-0.4, -0.2) is 0 Å². The first-order chi connectivity index (χ1) is 25.4. The number of nitrogens with zero attached hydrogens (tertiary/aromatic N) is 1. The number of rotatable bonds is 6. The summed E-state index contributed by atoms with van der Waals surface area (Å²) in [6.07, 6.45) is 0. The Hall–Kier alpha value is -6.38. The van der Waals surface area contributed by atoms with E-state index in [1.165, 1.54) is 55.3 Å². The lowest BCUT2D eigenvalue weighted by atomic mass is 9.91. The van der Waals surface area contributed by atoms with Gasteiger partial charge in [-0.05, 0) is 137 Å². The van der Waals surface area contributed by atoms with Crippen LogP contribution in [0, 0.1) is 27.7 Å².